The minimum atomic E-state index is 0.248. The Labute approximate surface area is 150 Å². The first kappa shape index (κ1) is 17.6. The van der Waals surface area contributed by atoms with Crippen molar-refractivity contribution in [1.82, 2.24) is 19.7 Å². The lowest BCUT2D eigenvalue weighted by atomic mass is 10.2. The average Bonchev–Trinajstić information content (AvgIpc) is 3.36. The molecule has 1 aliphatic rings. The van der Waals surface area contributed by atoms with Gasteiger partial charge in [-0.25, -0.2) is 0 Å². The number of aromatic nitrogens is 1. The Morgan fingerprint density at radius 1 is 1.32 bits per heavy atom. The predicted octanol–water partition coefficient (Wildman–Crippen LogP) is 2.46. The number of rotatable bonds is 6. The van der Waals surface area contributed by atoms with Gasteiger partial charge in [-0.1, -0.05) is 0 Å². The van der Waals surface area contributed by atoms with Gasteiger partial charge in [0, 0.05) is 39.6 Å². The first-order valence-electron chi connectivity index (χ1n) is 8.98. The van der Waals surface area contributed by atoms with Crippen LogP contribution in [0.1, 0.15) is 30.3 Å². The van der Waals surface area contributed by atoms with Crippen molar-refractivity contribution in [2.45, 2.75) is 25.4 Å². The minimum absolute atomic E-state index is 0.248. The van der Waals surface area contributed by atoms with Crippen LogP contribution >= 0.6 is 0 Å². The topological polar surface area (TPSA) is 48.9 Å². The lowest BCUT2D eigenvalue weighted by molar-refractivity contribution is 0.214. The molecule has 0 radical (unpaired) electrons. The van der Waals surface area contributed by atoms with E-state index in [1.807, 2.05) is 13.1 Å². The largest absolute Gasteiger partial charge is 0.468 e. The zero-order valence-corrected chi connectivity index (χ0v) is 15.5. The van der Waals surface area contributed by atoms with Crippen LogP contribution in [0.4, 0.5) is 0 Å². The van der Waals surface area contributed by atoms with Crippen molar-refractivity contribution in [3.05, 3.63) is 48.2 Å². The number of hydrogen-bond acceptors (Lipinski definition) is 3. The van der Waals surface area contributed by atoms with E-state index in [4.69, 9.17) is 4.42 Å². The average molecular weight is 343 g/mol. The Morgan fingerprint density at radius 2 is 2.12 bits per heavy atom. The van der Waals surface area contributed by atoms with E-state index in [2.05, 4.69) is 63.2 Å². The fourth-order valence-corrected chi connectivity index (χ4v) is 3.50. The summed E-state index contributed by atoms with van der Waals surface area (Å²) < 4.78 is 7.84. The van der Waals surface area contributed by atoms with Gasteiger partial charge in [-0.15, -0.1) is 0 Å². The Morgan fingerprint density at radius 3 is 2.72 bits per heavy atom. The summed E-state index contributed by atoms with van der Waals surface area (Å²) in [6, 6.07) is 8.49. The Hall–Kier alpha value is -2.21. The molecule has 1 aliphatic heterocycles. The summed E-state index contributed by atoms with van der Waals surface area (Å²) in [4.78, 5) is 9.10. The fourth-order valence-electron chi connectivity index (χ4n) is 3.50. The lowest BCUT2D eigenvalue weighted by Crippen LogP contribution is -2.43. The number of furan rings is 1. The second-order valence-electron chi connectivity index (χ2n) is 6.67. The number of nitrogens with zero attached hydrogens (tertiary/aromatic N) is 4. The molecule has 1 unspecified atom stereocenters. The summed E-state index contributed by atoms with van der Waals surface area (Å²) in [7, 11) is 5.97. The quantitative estimate of drug-likeness (QED) is 0.647. The molecule has 2 aromatic rings. The molecule has 6 nitrogen and oxygen atoms in total. The molecular weight excluding hydrogens is 314 g/mol. The highest BCUT2D eigenvalue weighted by Crippen LogP contribution is 2.24. The second kappa shape index (κ2) is 8.25. The Balaban J connectivity index is 1.63. The highest BCUT2D eigenvalue weighted by Gasteiger charge is 2.26. The SMILES string of the molecule is CN=C(NCC(c1ccco1)N1CCCC1)N(C)Cc1cccn1C. The van der Waals surface area contributed by atoms with Gasteiger partial charge in [-0.2, -0.15) is 0 Å². The van der Waals surface area contributed by atoms with Crippen LogP contribution in [0.15, 0.2) is 46.1 Å². The summed E-state index contributed by atoms with van der Waals surface area (Å²) in [6.07, 6.45) is 6.35. The van der Waals surface area contributed by atoms with Crippen LogP contribution in [-0.2, 0) is 13.6 Å². The molecule has 0 spiro atoms. The highest BCUT2D eigenvalue weighted by atomic mass is 16.3. The summed E-state index contributed by atoms with van der Waals surface area (Å²) in [5.41, 5.74) is 1.26. The Bertz CT molecular complexity index is 670. The summed E-state index contributed by atoms with van der Waals surface area (Å²) in [5.74, 6) is 1.92. The van der Waals surface area contributed by atoms with E-state index in [1.54, 1.807) is 6.26 Å². The van der Waals surface area contributed by atoms with E-state index in [9.17, 15) is 0 Å². The van der Waals surface area contributed by atoms with Gasteiger partial charge in [0.25, 0.3) is 0 Å². The molecule has 2 aromatic heterocycles. The van der Waals surface area contributed by atoms with Crippen molar-refractivity contribution in [1.29, 1.82) is 0 Å². The normalized spacial score (nSPS) is 17.0. The van der Waals surface area contributed by atoms with Gasteiger partial charge in [0.15, 0.2) is 5.96 Å². The molecule has 0 amide bonds. The van der Waals surface area contributed by atoms with Gasteiger partial charge in [0.1, 0.15) is 5.76 Å². The van der Waals surface area contributed by atoms with Crippen molar-refractivity contribution >= 4 is 5.96 Å². The molecule has 3 heterocycles. The van der Waals surface area contributed by atoms with Crippen molar-refractivity contribution in [3.8, 4) is 0 Å². The van der Waals surface area contributed by atoms with Crippen LogP contribution in [0.25, 0.3) is 0 Å². The van der Waals surface area contributed by atoms with E-state index in [0.717, 1.165) is 37.9 Å². The van der Waals surface area contributed by atoms with Gasteiger partial charge in [-0.05, 0) is 50.2 Å². The van der Waals surface area contributed by atoms with Crippen molar-refractivity contribution in [3.63, 3.8) is 0 Å². The molecule has 0 aliphatic carbocycles. The first-order valence-corrected chi connectivity index (χ1v) is 8.98. The van der Waals surface area contributed by atoms with E-state index in [1.165, 1.54) is 18.5 Å². The second-order valence-corrected chi connectivity index (χ2v) is 6.67. The summed E-state index contributed by atoms with van der Waals surface area (Å²) >= 11 is 0. The molecule has 3 rings (SSSR count). The molecule has 1 saturated heterocycles. The zero-order chi connectivity index (χ0) is 17.6. The monoisotopic (exact) mass is 343 g/mol. The van der Waals surface area contributed by atoms with Crippen LogP contribution in [0, 0.1) is 0 Å². The number of nitrogens with one attached hydrogen (secondary N) is 1. The smallest absolute Gasteiger partial charge is 0.193 e. The molecule has 136 valence electrons. The highest BCUT2D eigenvalue weighted by molar-refractivity contribution is 5.79. The van der Waals surface area contributed by atoms with Gasteiger partial charge in [0.2, 0.25) is 0 Å². The third kappa shape index (κ3) is 4.25. The van der Waals surface area contributed by atoms with E-state index < -0.39 is 0 Å². The lowest BCUT2D eigenvalue weighted by Gasteiger charge is -2.29. The molecule has 25 heavy (non-hydrogen) atoms. The van der Waals surface area contributed by atoms with Crippen molar-refractivity contribution in [2.24, 2.45) is 12.0 Å². The molecule has 6 heteroatoms. The minimum Gasteiger partial charge on any atom is -0.468 e. The number of guanidine groups is 1. The van der Waals surface area contributed by atoms with Crippen LogP contribution in [-0.4, -0.2) is 54.1 Å². The molecule has 1 fully saturated rings. The Kier molecular flexibility index (Phi) is 5.81. The number of likely N-dealkylation sites (tertiary alicyclic amines) is 1. The van der Waals surface area contributed by atoms with E-state index in [0.29, 0.717) is 0 Å². The standard InChI is InChI=1S/C19H29N5O/c1-20-19(23(3)15-16-8-6-10-22(16)2)21-14-17(18-9-7-13-25-18)24-11-4-5-12-24/h6-10,13,17H,4-5,11-12,14-15H2,1-3H3,(H,20,21). The van der Waals surface area contributed by atoms with Gasteiger partial charge >= 0.3 is 0 Å². The van der Waals surface area contributed by atoms with Crippen LogP contribution < -0.4 is 5.32 Å². The maximum absolute atomic E-state index is 5.70. The maximum atomic E-state index is 5.70. The molecule has 0 aromatic carbocycles. The third-order valence-electron chi connectivity index (χ3n) is 4.93. The summed E-state index contributed by atoms with van der Waals surface area (Å²) in [5, 5.41) is 3.53. The summed E-state index contributed by atoms with van der Waals surface area (Å²) in [6.45, 7) is 3.87. The fraction of sp³-hybridized carbons (Fsp3) is 0.526. The van der Waals surface area contributed by atoms with Gasteiger partial charge in [-0.3, -0.25) is 9.89 Å². The first-order chi connectivity index (χ1) is 12.2. The number of aliphatic imine (C=N–C) groups is 1. The van der Waals surface area contributed by atoms with Gasteiger partial charge in [0.05, 0.1) is 18.8 Å². The zero-order valence-electron chi connectivity index (χ0n) is 15.5. The molecule has 0 saturated carbocycles. The molecule has 1 atom stereocenters. The predicted molar refractivity (Wildman–Crippen MR) is 100 cm³/mol. The van der Waals surface area contributed by atoms with Crippen molar-refractivity contribution in [2.75, 3.05) is 33.7 Å². The molecule has 1 N–H and O–H groups in total. The molecular formula is C19H29N5O. The maximum Gasteiger partial charge on any atom is 0.193 e. The van der Waals surface area contributed by atoms with Crippen LogP contribution in [0.3, 0.4) is 0 Å². The number of aryl methyl sites for hydroxylation is 1. The van der Waals surface area contributed by atoms with Crippen LogP contribution in [0.2, 0.25) is 0 Å². The van der Waals surface area contributed by atoms with Crippen molar-refractivity contribution < 1.29 is 4.42 Å². The van der Waals surface area contributed by atoms with Crippen LogP contribution in [0.5, 0.6) is 0 Å². The third-order valence-corrected chi connectivity index (χ3v) is 4.93. The van der Waals surface area contributed by atoms with Gasteiger partial charge < -0.3 is 19.2 Å². The van der Waals surface area contributed by atoms with E-state index in [-0.39, 0.29) is 6.04 Å². The number of hydrogen-bond donors (Lipinski definition) is 1. The molecule has 0 bridgehead atoms. The van der Waals surface area contributed by atoms with E-state index >= 15 is 0 Å².